The minimum atomic E-state index is -0.238. The molecular weight excluding hydrogens is 336 g/mol. The Balaban J connectivity index is 1.34. The molecule has 0 radical (unpaired) electrons. The molecule has 0 bridgehead atoms. The zero-order valence-electron chi connectivity index (χ0n) is 13.5. The van der Waals surface area contributed by atoms with Crippen LogP contribution in [0.5, 0.6) is 11.6 Å². The third-order valence-electron chi connectivity index (χ3n) is 4.28. The van der Waals surface area contributed by atoms with E-state index >= 15 is 0 Å². The summed E-state index contributed by atoms with van der Waals surface area (Å²) in [4.78, 5) is 14.0. The molecule has 25 heavy (non-hydrogen) atoms. The lowest BCUT2D eigenvalue weighted by Gasteiger charge is -2.13. The molecule has 0 amide bonds. The van der Waals surface area contributed by atoms with Gasteiger partial charge in [-0.05, 0) is 35.7 Å². The van der Waals surface area contributed by atoms with Gasteiger partial charge >= 0.3 is 4.87 Å². The van der Waals surface area contributed by atoms with Crippen LogP contribution in [0.25, 0.3) is 0 Å². The predicted molar refractivity (Wildman–Crippen MR) is 98.9 cm³/mol. The van der Waals surface area contributed by atoms with Crippen molar-refractivity contribution in [2.45, 2.75) is 18.9 Å². The van der Waals surface area contributed by atoms with Gasteiger partial charge in [0, 0.05) is 12.1 Å². The second-order valence-electron chi connectivity index (χ2n) is 6.12. The van der Waals surface area contributed by atoms with E-state index in [1.54, 1.807) is 0 Å². The second kappa shape index (κ2) is 6.64. The number of rotatable bonds is 5. The smallest absolute Gasteiger partial charge is 0.307 e. The molecule has 3 aromatic rings. The van der Waals surface area contributed by atoms with Crippen molar-refractivity contribution in [2.75, 3.05) is 11.9 Å². The van der Waals surface area contributed by atoms with Crippen LogP contribution in [0, 0.1) is 0 Å². The van der Waals surface area contributed by atoms with Crippen LogP contribution in [-0.2, 0) is 12.8 Å². The lowest BCUT2D eigenvalue weighted by molar-refractivity contribution is 0.299. The van der Waals surface area contributed by atoms with Gasteiger partial charge in [-0.1, -0.05) is 41.7 Å². The van der Waals surface area contributed by atoms with E-state index in [4.69, 9.17) is 4.74 Å². The van der Waals surface area contributed by atoms with Crippen molar-refractivity contribution < 1.29 is 9.84 Å². The van der Waals surface area contributed by atoms with Crippen LogP contribution in [-0.4, -0.2) is 22.7 Å². The zero-order chi connectivity index (χ0) is 17.2. The van der Waals surface area contributed by atoms with Gasteiger partial charge in [-0.25, -0.2) is 0 Å². The maximum absolute atomic E-state index is 11.2. The number of ether oxygens (including phenoxy) is 1. The quantitative estimate of drug-likeness (QED) is 0.658. The molecule has 2 heterocycles. The number of aromatic amines is 1. The van der Waals surface area contributed by atoms with E-state index in [1.165, 1.54) is 11.3 Å². The van der Waals surface area contributed by atoms with Gasteiger partial charge in [-0.2, -0.15) is 0 Å². The molecule has 2 aromatic carbocycles. The first kappa shape index (κ1) is 15.8. The van der Waals surface area contributed by atoms with E-state index < -0.39 is 0 Å². The molecule has 0 fully saturated rings. The van der Waals surface area contributed by atoms with Crippen LogP contribution < -0.4 is 14.9 Å². The van der Waals surface area contributed by atoms with Crippen molar-refractivity contribution >= 4 is 17.0 Å². The molecular formula is C19H18N2O3S. The van der Waals surface area contributed by atoms with Crippen LogP contribution in [0.3, 0.4) is 0 Å². The summed E-state index contributed by atoms with van der Waals surface area (Å²) in [5.41, 5.74) is 3.54. The van der Waals surface area contributed by atoms with Gasteiger partial charge in [0.1, 0.15) is 12.4 Å². The molecule has 128 valence electrons. The summed E-state index contributed by atoms with van der Waals surface area (Å²) in [6, 6.07) is 16.4. The lowest BCUT2D eigenvalue weighted by Crippen LogP contribution is -2.24. The van der Waals surface area contributed by atoms with Gasteiger partial charge in [0.15, 0.2) is 0 Å². The Morgan fingerprint density at radius 3 is 2.68 bits per heavy atom. The first-order chi connectivity index (χ1) is 12.2. The first-order valence-corrected chi connectivity index (χ1v) is 8.96. The molecule has 1 aromatic heterocycles. The highest BCUT2D eigenvalue weighted by Crippen LogP contribution is 2.26. The molecule has 1 atom stereocenters. The predicted octanol–water partition coefficient (Wildman–Crippen LogP) is 3.15. The molecule has 0 saturated heterocycles. The number of thiazole rings is 1. The topological polar surface area (TPSA) is 74.4 Å². The van der Waals surface area contributed by atoms with Gasteiger partial charge in [0.05, 0.1) is 10.9 Å². The normalized spacial score (nSPS) is 15.6. The molecule has 6 heteroatoms. The van der Waals surface area contributed by atoms with E-state index in [1.807, 2.05) is 30.3 Å². The number of anilines is 1. The average Bonchev–Trinajstić information content (AvgIpc) is 3.16. The molecule has 1 aliphatic heterocycles. The fourth-order valence-corrected chi connectivity index (χ4v) is 3.79. The number of aromatic hydroxyl groups is 1. The molecule has 0 aliphatic carbocycles. The summed E-state index contributed by atoms with van der Waals surface area (Å²) in [6.07, 6.45) is 1.49. The van der Waals surface area contributed by atoms with Crippen molar-refractivity contribution in [1.29, 1.82) is 0 Å². The van der Waals surface area contributed by atoms with Crippen molar-refractivity contribution in [3.63, 3.8) is 0 Å². The number of H-pyrrole nitrogens is 1. The van der Waals surface area contributed by atoms with Gasteiger partial charge in [-0.3, -0.25) is 9.78 Å². The Bertz CT molecular complexity index is 905. The van der Waals surface area contributed by atoms with E-state index in [0.29, 0.717) is 17.9 Å². The van der Waals surface area contributed by atoms with E-state index in [9.17, 15) is 9.90 Å². The van der Waals surface area contributed by atoms with Crippen LogP contribution >= 0.6 is 11.3 Å². The number of hydrogen-bond acceptors (Lipinski definition) is 5. The zero-order valence-corrected chi connectivity index (χ0v) is 14.3. The number of nitrogens with one attached hydrogen (secondary N) is 2. The third-order valence-corrected chi connectivity index (χ3v) is 5.15. The number of benzene rings is 2. The SMILES string of the molecule is O=c1[nH]c(O)c(Cc2ccc(OCC3Cc4ccccc4N3)cc2)s1. The molecule has 3 N–H and O–H groups in total. The average molecular weight is 354 g/mol. The summed E-state index contributed by atoms with van der Waals surface area (Å²) in [7, 11) is 0. The minimum Gasteiger partial charge on any atom is -0.494 e. The van der Waals surface area contributed by atoms with Gasteiger partial charge in [-0.15, -0.1) is 0 Å². The maximum Gasteiger partial charge on any atom is 0.307 e. The van der Waals surface area contributed by atoms with Crippen molar-refractivity contribution in [3.8, 4) is 11.6 Å². The summed E-state index contributed by atoms with van der Waals surface area (Å²) in [6.45, 7) is 0.605. The Morgan fingerprint density at radius 1 is 1.16 bits per heavy atom. The highest BCUT2D eigenvalue weighted by atomic mass is 32.1. The Labute approximate surface area is 148 Å². The van der Waals surface area contributed by atoms with Crippen LogP contribution in [0.15, 0.2) is 53.3 Å². The van der Waals surface area contributed by atoms with Crippen LogP contribution in [0.4, 0.5) is 5.69 Å². The van der Waals surface area contributed by atoms with Crippen molar-refractivity contribution in [3.05, 3.63) is 74.2 Å². The molecule has 5 nitrogen and oxygen atoms in total. The number of hydrogen-bond donors (Lipinski definition) is 3. The highest BCUT2D eigenvalue weighted by Gasteiger charge is 2.20. The number of para-hydroxylation sites is 1. The molecule has 1 aliphatic rings. The van der Waals surface area contributed by atoms with Gasteiger partial charge in [0.25, 0.3) is 0 Å². The Morgan fingerprint density at radius 2 is 1.96 bits per heavy atom. The fraction of sp³-hybridized carbons (Fsp3) is 0.211. The molecule has 1 unspecified atom stereocenters. The third kappa shape index (κ3) is 3.53. The summed E-state index contributed by atoms with van der Waals surface area (Å²) >= 11 is 1.03. The van der Waals surface area contributed by atoms with Gasteiger partial charge in [0.2, 0.25) is 5.88 Å². The molecule has 0 saturated carbocycles. The summed E-state index contributed by atoms with van der Waals surface area (Å²) in [5.74, 6) is 0.773. The Kier molecular flexibility index (Phi) is 4.19. The molecule has 4 rings (SSSR count). The maximum atomic E-state index is 11.2. The monoisotopic (exact) mass is 354 g/mol. The van der Waals surface area contributed by atoms with E-state index in [2.05, 4.69) is 28.5 Å². The van der Waals surface area contributed by atoms with Crippen LogP contribution in [0.2, 0.25) is 0 Å². The number of aromatic nitrogens is 1. The fourth-order valence-electron chi connectivity index (χ4n) is 3.03. The van der Waals surface area contributed by atoms with Crippen molar-refractivity contribution in [1.82, 2.24) is 4.98 Å². The standard InChI is InChI=1S/C19H18N2O3S/c22-18-17(25-19(23)21-18)9-12-5-7-15(8-6-12)24-11-14-10-13-3-1-2-4-16(13)20-14/h1-8,14,20,22H,9-11H2,(H,21,23). The lowest BCUT2D eigenvalue weighted by atomic mass is 10.1. The molecule has 0 spiro atoms. The Hall–Kier alpha value is -2.73. The van der Waals surface area contributed by atoms with E-state index in [0.717, 1.165) is 29.1 Å². The summed E-state index contributed by atoms with van der Waals surface area (Å²) in [5, 5.41) is 13.1. The minimum absolute atomic E-state index is 0.0396. The highest BCUT2D eigenvalue weighted by molar-refractivity contribution is 7.09. The van der Waals surface area contributed by atoms with Crippen molar-refractivity contribution in [2.24, 2.45) is 0 Å². The number of fused-ring (bicyclic) bond motifs is 1. The van der Waals surface area contributed by atoms with E-state index in [-0.39, 0.29) is 16.8 Å². The largest absolute Gasteiger partial charge is 0.494 e. The first-order valence-electron chi connectivity index (χ1n) is 8.14. The summed E-state index contributed by atoms with van der Waals surface area (Å²) < 4.78 is 5.89. The second-order valence-corrected chi connectivity index (χ2v) is 7.19. The van der Waals surface area contributed by atoms with Gasteiger partial charge < -0.3 is 15.2 Å². The van der Waals surface area contributed by atoms with Crippen LogP contribution in [0.1, 0.15) is 16.0 Å².